The lowest BCUT2D eigenvalue weighted by atomic mass is 9.93. The maximum atomic E-state index is 12.7. The van der Waals surface area contributed by atoms with Crippen molar-refractivity contribution in [1.29, 1.82) is 0 Å². The van der Waals surface area contributed by atoms with Crippen molar-refractivity contribution in [2.75, 3.05) is 32.8 Å². The summed E-state index contributed by atoms with van der Waals surface area (Å²) in [5.41, 5.74) is -0.749. The van der Waals surface area contributed by atoms with Crippen LogP contribution < -0.4 is 9.47 Å². The van der Waals surface area contributed by atoms with Crippen LogP contribution in [0.3, 0.4) is 0 Å². The van der Waals surface area contributed by atoms with Crippen molar-refractivity contribution in [3.8, 4) is 11.5 Å². The molecule has 1 aromatic rings. The van der Waals surface area contributed by atoms with Gasteiger partial charge in [0.2, 0.25) is 0 Å². The number of carbonyl (C=O) groups is 3. The quantitative estimate of drug-likeness (QED) is 0.718. The Labute approximate surface area is 170 Å². The summed E-state index contributed by atoms with van der Waals surface area (Å²) in [5.74, 6) is 0.459. The van der Waals surface area contributed by atoms with Crippen molar-refractivity contribution >= 4 is 18.3 Å². The zero-order valence-corrected chi connectivity index (χ0v) is 17.6. The third-order valence-electron chi connectivity index (χ3n) is 4.97. The fourth-order valence-electron chi connectivity index (χ4n) is 3.52. The summed E-state index contributed by atoms with van der Waals surface area (Å²) in [6.07, 6.45) is 0.233. The van der Waals surface area contributed by atoms with E-state index >= 15 is 0 Å². The van der Waals surface area contributed by atoms with Crippen LogP contribution in [0.5, 0.6) is 11.5 Å². The molecule has 0 aromatic heterocycles. The molecular weight excluding hydrogens is 376 g/mol. The van der Waals surface area contributed by atoms with E-state index in [4.69, 9.17) is 14.2 Å². The van der Waals surface area contributed by atoms with Gasteiger partial charge in [-0.05, 0) is 46.8 Å². The molecule has 2 amide bonds. The van der Waals surface area contributed by atoms with Gasteiger partial charge in [0.15, 0.2) is 23.4 Å². The molecule has 0 bridgehead atoms. The van der Waals surface area contributed by atoms with Crippen molar-refractivity contribution in [3.63, 3.8) is 0 Å². The Bertz CT molecular complexity index is 819. The normalized spacial score (nSPS) is 16.8. The highest BCUT2D eigenvalue weighted by atomic mass is 16.6. The van der Waals surface area contributed by atoms with Crippen molar-refractivity contribution in [1.82, 2.24) is 9.80 Å². The zero-order chi connectivity index (χ0) is 21.4. The van der Waals surface area contributed by atoms with Crippen LogP contribution in [0.1, 0.15) is 55.3 Å². The number of amides is 2. The minimum atomic E-state index is -0.672. The number of benzene rings is 1. The first kappa shape index (κ1) is 21.0. The molecule has 0 N–H and O–H groups in total. The molecule has 1 saturated heterocycles. The third-order valence-corrected chi connectivity index (χ3v) is 4.97. The van der Waals surface area contributed by atoms with Gasteiger partial charge in [-0.3, -0.25) is 14.5 Å². The Morgan fingerprint density at radius 1 is 1.24 bits per heavy atom. The Kier molecular flexibility index (Phi) is 5.47. The fourth-order valence-corrected chi connectivity index (χ4v) is 3.52. The summed E-state index contributed by atoms with van der Waals surface area (Å²) >= 11 is 0. The summed E-state index contributed by atoms with van der Waals surface area (Å²) in [4.78, 5) is 39.8. The summed E-state index contributed by atoms with van der Waals surface area (Å²) in [7, 11) is 0. The number of ether oxygens (including phenoxy) is 3. The molecule has 0 atom stereocenters. The number of fused-ring (bicyclic) bond motifs is 1. The second kappa shape index (κ2) is 7.57. The van der Waals surface area contributed by atoms with Crippen molar-refractivity contribution in [2.24, 2.45) is 0 Å². The Hall–Kier alpha value is -2.77. The highest BCUT2D eigenvalue weighted by Gasteiger charge is 2.52. The van der Waals surface area contributed by atoms with Crippen molar-refractivity contribution < 1.29 is 28.6 Å². The predicted octanol–water partition coefficient (Wildman–Crippen LogP) is 2.74. The molecule has 2 aliphatic rings. The summed E-state index contributed by atoms with van der Waals surface area (Å²) in [6, 6.07) is 3.24. The largest absolute Gasteiger partial charge is 0.485 e. The topological polar surface area (TPSA) is 85.4 Å². The molecule has 2 heterocycles. The summed E-state index contributed by atoms with van der Waals surface area (Å²) < 4.78 is 17.3. The second-order valence-electron chi connectivity index (χ2n) is 8.36. The highest BCUT2D eigenvalue weighted by Crippen LogP contribution is 2.42. The zero-order valence-electron chi connectivity index (χ0n) is 17.6. The number of carbonyl (C=O) groups excluding carboxylic acids is 3. The van der Waals surface area contributed by atoms with Gasteiger partial charge in [0.25, 0.3) is 5.91 Å². The number of hydrogen-bond acceptors (Lipinski definition) is 6. The van der Waals surface area contributed by atoms with Gasteiger partial charge in [-0.2, -0.15) is 0 Å². The van der Waals surface area contributed by atoms with Crippen LogP contribution in [0.2, 0.25) is 0 Å². The van der Waals surface area contributed by atoms with Gasteiger partial charge >= 0.3 is 6.09 Å². The van der Waals surface area contributed by atoms with Crippen LogP contribution in [0.25, 0.3) is 0 Å². The van der Waals surface area contributed by atoms with E-state index in [1.807, 2.05) is 34.6 Å². The van der Waals surface area contributed by atoms with E-state index in [0.29, 0.717) is 43.8 Å². The lowest BCUT2D eigenvalue weighted by Crippen LogP contribution is -2.70. The maximum absolute atomic E-state index is 12.7. The van der Waals surface area contributed by atoms with E-state index in [9.17, 15) is 14.4 Å². The molecule has 0 radical (unpaired) electrons. The van der Waals surface area contributed by atoms with Crippen molar-refractivity contribution in [2.45, 2.75) is 45.8 Å². The van der Waals surface area contributed by atoms with Crippen LogP contribution in [0.15, 0.2) is 12.1 Å². The van der Waals surface area contributed by atoms with Crippen LogP contribution in [-0.4, -0.2) is 72.1 Å². The van der Waals surface area contributed by atoms with Gasteiger partial charge in [-0.1, -0.05) is 0 Å². The minimum Gasteiger partial charge on any atom is -0.485 e. The molecule has 8 nitrogen and oxygen atoms in total. The average molecular weight is 404 g/mol. The SMILES string of the molecule is CCN(CC)C(=O)c1ccc2c(c1C=O)OCC1(CN(C(=O)OC(C)(C)C)C1)O2. The summed E-state index contributed by atoms with van der Waals surface area (Å²) in [6.45, 7) is 11.2. The van der Waals surface area contributed by atoms with Crippen molar-refractivity contribution in [3.05, 3.63) is 23.3 Å². The first-order valence-electron chi connectivity index (χ1n) is 9.84. The third kappa shape index (κ3) is 4.02. The first-order valence-corrected chi connectivity index (χ1v) is 9.84. The first-order chi connectivity index (χ1) is 13.6. The molecule has 0 saturated carbocycles. The average Bonchev–Trinajstić information content (AvgIpc) is 2.64. The molecule has 8 heteroatoms. The summed E-state index contributed by atoms with van der Waals surface area (Å²) in [5, 5.41) is 0. The fraction of sp³-hybridized carbons (Fsp3) is 0.571. The van der Waals surface area contributed by atoms with Gasteiger partial charge in [-0.25, -0.2) is 4.79 Å². The monoisotopic (exact) mass is 404 g/mol. The van der Waals surface area contributed by atoms with Crippen LogP contribution in [0, 0.1) is 0 Å². The van der Waals surface area contributed by atoms with E-state index in [1.54, 1.807) is 21.9 Å². The second-order valence-corrected chi connectivity index (χ2v) is 8.36. The lowest BCUT2D eigenvalue weighted by molar-refractivity contribution is -0.114. The Morgan fingerprint density at radius 3 is 2.45 bits per heavy atom. The van der Waals surface area contributed by atoms with E-state index < -0.39 is 17.3 Å². The molecule has 29 heavy (non-hydrogen) atoms. The van der Waals surface area contributed by atoms with Gasteiger partial charge in [0, 0.05) is 13.1 Å². The molecule has 3 rings (SSSR count). The van der Waals surface area contributed by atoms with E-state index in [0.717, 1.165) is 0 Å². The number of hydrogen-bond donors (Lipinski definition) is 0. The highest BCUT2D eigenvalue weighted by molar-refractivity contribution is 6.03. The van der Waals surface area contributed by atoms with Gasteiger partial charge in [0.1, 0.15) is 12.2 Å². The molecular formula is C21H28N2O6. The standard InChI is InChI=1S/C21H28N2O6/c1-6-22(7-2)18(25)14-8-9-16-17(15(14)10-24)27-13-21(28-16)11-23(12-21)19(26)29-20(3,4)5/h8-10H,6-7,11-13H2,1-5H3. The van der Waals surface area contributed by atoms with Gasteiger partial charge in [0.05, 0.1) is 24.2 Å². The molecule has 0 aliphatic carbocycles. The molecule has 1 spiro atoms. The Balaban J connectivity index is 1.77. The maximum Gasteiger partial charge on any atom is 0.410 e. The predicted molar refractivity (Wildman–Crippen MR) is 106 cm³/mol. The lowest BCUT2D eigenvalue weighted by Gasteiger charge is -2.50. The molecule has 2 aliphatic heterocycles. The molecule has 0 unspecified atom stereocenters. The van der Waals surface area contributed by atoms with Crippen LogP contribution in [0.4, 0.5) is 4.79 Å². The minimum absolute atomic E-state index is 0.184. The number of rotatable bonds is 4. The Morgan fingerprint density at radius 2 is 1.90 bits per heavy atom. The van der Waals surface area contributed by atoms with E-state index in [2.05, 4.69) is 0 Å². The van der Waals surface area contributed by atoms with Gasteiger partial charge < -0.3 is 19.1 Å². The number of aldehydes is 1. The number of likely N-dealkylation sites (tertiary alicyclic amines) is 1. The molecule has 1 fully saturated rings. The van der Waals surface area contributed by atoms with Crippen LogP contribution in [-0.2, 0) is 4.74 Å². The number of nitrogens with zero attached hydrogens (tertiary/aromatic N) is 2. The van der Waals surface area contributed by atoms with E-state index in [-0.39, 0.29) is 23.8 Å². The van der Waals surface area contributed by atoms with Gasteiger partial charge in [-0.15, -0.1) is 0 Å². The smallest absolute Gasteiger partial charge is 0.410 e. The van der Waals surface area contributed by atoms with E-state index in [1.165, 1.54) is 0 Å². The molecule has 158 valence electrons. The van der Waals surface area contributed by atoms with Crippen LogP contribution >= 0.6 is 0 Å². The molecule has 1 aromatic carbocycles.